The molecule has 1 saturated heterocycles. The first kappa shape index (κ1) is 17.0. The lowest BCUT2D eigenvalue weighted by molar-refractivity contribution is 0.0373. The molecule has 8 nitrogen and oxygen atoms in total. The van der Waals surface area contributed by atoms with Gasteiger partial charge in [-0.1, -0.05) is 5.10 Å². The number of pyridine rings is 1. The van der Waals surface area contributed by atoms with Crippen LogP contribution in [0.15, 0.2) is 28.9 Å². The quantitative estimate of drug-likeness (QED) is 0.650. The van der Waals surface area contributed by atoms with Crippen molar-refractivity contribution < 1.29 is 9.15 Å². The molecule has 0 saturated carbocycles. The van der Waals surface area contributed by atoms with Crippen molar-refractivity contribution in [3.05, 3.63) is 24.5 Å². The Balaban J connectivity index is 1.30. The monoisotopic (exact) mass is 356 g/mol. The molecular weight excluding hydrogens is 332 g/mol. The topological polar surface area (TPSA) is 81.2 Å². The first-order valence-corrected chi connectivity index (χ1v) is 9.09. The van der Waals surface area contributed by atoms with Gasteiger partial charge in [0.25, 0.3) is 5.89 Å². The smallest absolute Gasteiger partial charge is 0.315 e. The Kier molecular flexibility index (Phi) is 5.12. The van der Waals surface area contributed by atoms with Crippen LogP contribution in [0, 0.1) is 0 Å². The standard InChI is InChI=1S/C18H24N6O2/c1-23-9-5-14-15(4-7-19-16(14)23)17-21-22-18(26-17)20-6-2-3-8-24-10-12-25-13-11-24/h4-5,7,9H,2-3,6,8,10-13H2,1H3,(H,20,22). The number of nitrogens with one attached hydrogen (secondary N) is 1. The SMILES string of the molecule is Cn1ccc2c(-c3nnc(NCCCCN4CCOCC4)o3)ccnc21. The molecule has 1 fully saturated rings. The van der Waals surface area contributed by atoms with Gasteiger partial charge >= 0.3 is 6.01 Å². The average Bonchev–Trinajstić information content (AvgIpc) is 3.29. The number of hydrogen-bond donors (Lipinski definition) is 1. The highest BCUT2D eigenvalue weighted by Crippen LogP contribution is 2.27. The lowest BCUT2D eigenvalue weighted by atomic mass is 10.2. The maximum atomic E-state index is 5.79. The van der Waals surface area contributed by atoms with E-state index in [0.717, 1.165) is 68.8 Å². The second-order valence-corrected chi connectivity index (χ2v) is 6.52. The van der Waals surface area contributed by atoms with Crippen molar-refractivity contribution in [3.63, 3.8) is 0 Å². The van der Waals surface area contributed by atoms with Crippen LogP contribution >= 0.6 is 0 Å². The van der Waals surface area contributed by atoms with Gasteiger partial charge < -0.3 is 19.0 Å². The van der Waals surface area contributed by atoms with Gasteiger partial charge in [0.2, 0.25) is 0 Å². The molecule has 138 valence electrons. The van der Waals surface area contributed by atoms with Crippen LogP contribution in [-0.4, -0.2) is 64.0 Å². The molecule has 4 heterocycles. The van der Waals surface area contributed by atoms with Crippen LogP contribution in [0.5, 0.6) is 0 Å². The second-order valence-electron chi connectivity index (χ2n) is 6.52. The fraction of sp³-hybridized carbons (Fsp3) is 0.500. The average molecular weight is 356 g/mol. The number of ether oxygens (including phenoxy) is 1. The predicted octanol–water partition coefficient (Wildman–Crippen LogP) is 2.15. The molecular formula is C18H24N6O2. The Labute approximate surface area is 152 Å². The van der Waals surface area contributed by atoms with Crippen LogP contribution in [0.25, 0.3) is 22.5 Å². The summed E-state index contributed by atoms with van der Waals surface area (Å²) in [6, 6.07) is 4.38. The van der Waals surface area contributed by atoms with E-state index in [1.54, 1.807) is 6.20 Å². The number of morpholine rings is 1. The minimum absolute atomic E-state index is 0.465. The molecule has 0 aliphatic carbocycles. The van der Waals surface area contributed by atoms with Gasteiger partial charge in [0.15, 0.2) is 0 Å². The molecule has 0 amide bonds. The number of anilines is 1. The largest absolute Gasteiger partial charge is 0.403 e. The third-order valence-electron chi connectivity index (χ3n) is 4.70. The van der Waals surface area contributed by atoms with E-state index in [2.05, 4.69) is 25.4 Å². The Bertz CT molecular complexity index is 852. The summed E-state index contributed by atoms with van der Waals surface area (Å²) in [4.78, 5) is 6.84. The summed E-state index contributed by atoms with van der Waals surface area (Å²) in [6.07, 6.45) is 5.95. The third kappa shape index (κ3) is 3.71. The predicted molar refractivity (Wildman–Crippen MR) is 99.0 cm³/mol. The summed E-state index contributed by atoms with van der Waals surface area (Å²) in [7, 11) is 1.97. The number of aromatic nitrogens is 4. The van der Waals surface area contributed by atoms with Crippen LogP contribution in [0.3, 0.4) is 0 Å². The third-order valence-corrected chi connectivity index (χ3v) is 4.70. The number of aryl methyl sites for hydroxylation is 1. The molecule has 1 aliphatic rings. The Hall–Kier alpha value is -2.45. The van der Waals surface area contributed by atoms with Gasteiger partial charge in [-0.3, -0.25) is 4.90 Å². The summed E-state index contributed by atoms with van der Waals surface area (Å²) < 4.78 is 13.1. The van der Waals surface area contributed by atoms with E-state index in [1.807, 2.05) is 29.9 Å². The summed E-state index contributed by atoms with van der Waals surface area (Å²) >= 11 is 0. The molecule has 0 bridgehead atoms. The molecule has 1 aliphatic heterocycles. The molecule has 8 heteroatoms. The Morgan fingerprint density at radius 1 is 1.15 bits per heavy atom. The first-order chi connectivity index (χ1) is 12.8. The van der Waals surface area contributed by atoms with E-state index in [4.69, 9.17) is 9.15 Å². The van der Waals surface area contributed by atoms with Gasteiger partial charge in [-0.25, -0.2) is 4.98 Å². The van der Waals surface area contributed by atoms with Crippen molar-refractivity contribution in [2.75, 3.05) is 44.7 Å². The molecule has 0 spiro atoms. The highest BCUT2D eigenvalue weighted by Gasteiger charge is 2.14. The number of nitrogens with zero attached hydrogens (tertiary/aromatic N) is 5. The lowest BCUT2D eigenvalue weighted by Crippen LogP contribution is -2.36. The number of hydrogen-bond acceptors (Lipinski definition) is 7. The van der Waals surface area contributed by atoms with Gasteiger partial charge in [-0.15, -0.1) is 5.10 Å². The first-order valence-electron chi connectivity index (χ1n) is 9.09. The summed E-state index contributed by atoms with van der Waals surface area (Å²) in [5.41, 5.74) is 1.81. The highest BCUT2D eigenvalue weighted by molar-refractivity contribution is 5.90. The molecule has 4 rings (SSSR count). The molecule has 0 unspecified atom stereocenters. The molecule has 0 radical (unpaired) electrons. The fourth-order valence-corrected chi connectivity index (χ4v) is 3.23. The fourth-order valence-electron chi connectivity index (χ4n) is 3.23. The van der Waals surface area contributed by atoms with Crippen molar-refractivity contribution >= 4 is 17.0 Å². The maximum absolute atomic E-state index is 5.79. The van der Waals surface area contributed by atoms with Crippen LogP contribution in [0.4, 0.5) is 6.01 Å². The molecule has 3 aromatic heterocycles. The molecule has 0 atom stereocenters. The van der Waals surface area contributed by atoms with E-state index in [1.165, 1.54) is 0 Å². The maximum Gasteiger partial charge on any atom is 0.315 e. The van der Waals surface area contributed by atoms with Crippen LogP contribution < -0.4 is 5.32 Å². The van der Waals surface area contributed by atoms with Crippen molar-refractivity contribution in [2.24, 2.45) is 7.05 Å². The molecule has 1 N–H and O–H groups in total. The number of rotatable bonds is 7. The van der Waals surface area contributed by atoms with Gasteiger partial charge in [-0.05, 0) is 31.5 Å². The minimum atomic E-state index is 0.465. The lowest BCUT2D eigenvalue weighted by Gasteiger charge is -2.26. The zero-order valence-corrected chi connectivity index (χ0v) is 15.0. The normalized spacial score (nSPS) is 15.6. The van der Waals surface area contributed by atoms with Crippen molar-refractivity contribution in [1.82, 2.24) is 24.6 Å². The van der Waals surface area contributed by atoms with Crippen LogP contribution in [0.1, 0.15) is 12.8 Å². The zero-order chi connectivity index (χ0) is 17.8. The van der Waals surface area contributed by atoms with Crippen molar-refractivity contribution in [3.8, 4) is 11.5 Å². The number of fused-ring (bicyclic) bond motifs is 1. The van der Waals surface area contributed by atoms with Crippen LogP contribution in [0.2, 0.25) is 0 Å². The van der Waals surface area contributed by atoms with Crippen molar-refractivity contribution in [1.29, 1.82) is 0 Å². The summed E-state index contributed by atoms with van der Waals surface area (Å²) in [5.74, 6) is 0.513. The highest BCUT2D eigenvalue weighted by atomic mass is 16.5. The summed E-state index contributed by atoms with van der Waals surface area (Å²) in [5, 5.41) is 12.5. The van der Waals surface area contributed by atoms with E-state index in [-0.39, 0.29) is 0 Å². The van der Waals surface area contributed by atoms with E-state index >= 15 is 0 Å². The van der Waals surface area contributed by atoms with E-state index in [0.29, 0.717) is 11.9 Å². The summed E-state index contributed by atoms with van der Waals surface area (Å²) in [6.45, 7) is 5.73. The van der Waals surface area contributed by atoms with Crippen molar-refractivity contribution in [2.45, 2.75) is 12.8 Å². The Morgan fingerprint density at radius 3 is 2.92 bits per heavy atom. The Morgan fingerprint density at radius 2 is 2.04 bits per heavy atom. The molecule has 3 aromatic rings. The van der Waals surface area contributed by atoms with Crippen LogP contribution in [-0.2, 0) is 11.8 Å². The van der Waals surface area contributed by atoms with E-state index < -0.39 is 0 Å². The second kappa shape index (κ2) is 7.84. The number of unbranched alkanes of at least 4 members (excludes halogenated alkanes) is 1. The van der Waals surface area contributed by atoms with Gasteiger partial charge in [0.05, 0.1) is 18.8 Å². The van der Waals surface area contributed by atoms with Gasteiger partial charge in [0.1, 0.15) is 5.65 Å². The molecule has 26 heavy (non-hydrogen) atoms. The minimum Gasteiger partial charge on any atom is -0.403 e. The zero-order valence-electron chi connectivity index (χ0n) is 15.0. The molecule has 0 aromatic carbocycles. The van der Waals surface area contributed by atoms with Gasteiger partial charge in [0, 0.05) is 44.5 Å². The van der Waals surface area contributed by atoms with E-state index in [9.17, 15) is 0 Å². The van der Waals surface area contributed by atoms with Gasteiger partial charge in [-0.2, -0.15) is 0 Å².